The summed E-state index contributed by atoms with van der Waals surface area (Å²) in [5.74, 6) is 0.0941. The first-order valence-electron chi connectivity index (χ1n) is 4.88. The Hall–Kier alpha value is -2.46. The minimum absolute atomic E-state index is 0.0208. The van der Waals surface area contributed by atoms with Crippen molar-refractivity contribution >= 4 is 23.3 Å². The molecule has 0 radical (unpaired) electrons. The number of nitrogens with one attached hydrogen (secondary N) is 1. The highest BCUT2D eigenvalue weighted by atomic mass is 35.5. The Labute approximate surface area is 107 Å². The van der Waals surface area contributed by atoms with Gasteiger partial charge in [0.2, 0.25) is 5.91 Å². The molecule has 0 unspecified atom stereocenters. The zero-order valence-corrected chi connectivity index (χ0v) is 9.79. The van der Waals surface area contributed by atoms with Crippen molar-refractivity contribution < 1.29 is 4.79 Å². The number of halogens is 1. The molecule has 0 aromatic carbocycles. The van der Waals surface area contributed by atoms with Gasteiger partial charge in [-0.3, -0.25) is 4.79 Å². The van der Waals surface area contributed by atoms with Crippen LogP contribution in [0, 0.1) is 11.3 Å². The molecule has 2 rings (SSSR count). The minimum Gasteiger partial charge on any atom is -0.309 e. The number of rotatable bonds is 3. The van der Waals surface area contributed by atoms with Crippen molar-refractivity contribution in [3.05, 3.63) is 35.5 Å². The van der Waals surface area contributed by atoms with E-state index < -0.39 is 0 Å². The molecule has 90 valence electrons. The van der Waals surface area contributed by atoms with Crippen molar-refractivity contribution in [1.82, 2.24) is 19.7 Å². The molecule has 7 nitrogen and oxygen atoms in total. The average Bonchev–Trinajstić information content (AvgIpc) is 2.79. The van der Waals surface area contributed by atoms with Crippen LogP contribution in [0.5, 0.6) is 0 Å². The van der Waals surface area contributed by atoms with Crippen LogP contribution >= 0.6 is 11.6 Å². The number of carbonyl (C=O) groups excluding carboxylic acids is 1. The monoisotopic (exact) mass is 262 g/mol. The standard InChI is InChI=1S/C10H7ClN6O/c11-7-1-2-8(13-4-7)15-10(18)5-17-6-14-9(3-12)16-17/h1-2,4,6H,5H2,(H,13,15,18). The van der Waals surface area contributed by atoms with Gasteiger partial charge in [-0.05, 0) is 12.1 Å². The SMILES string of the molecule is N#Cc1ncn(CC(=O)Nc2ccc(Cl)cn2)n1. The lowest BCUT2D eigenvalue weighted by Gasteiger charge is -2.03. The third-order valence-electron chi connectivity index (χ3n) is 1.94. The van der Waals surface area contributed by atoms with E-state index in [1.807, 2.05) is 0 Å². The van der Waals surface area contributed by atoms with Gasteiger partial charge in [-0.2, -0.15) is 5.26 Å². The molecule has 0 atom stereocenters. The van der Waals surface area contributed by atoms with Crippen molar-refractivity contribution in [3.63, 3.8) is 0 Å². The van der Waals surface area contributed by atoms with Crippen LogP contribution in [-0.4, -0.2) is 25.7 Å². The summed E-state index contributed by atoms with van der Waals surface area (Å²) < 4.78 is 1.27. The summed E-state index contributed by atoms with van der Waals surface area (Å²) in [6.45, 7) is -0.0427. The van der Waals surface area contributed by atoms with Gasteiger partial charge in [0.1, 0.15) is 24.8 Å². The summed E-state index contributed by atoms with van der Waals surface area (Å²) in [6.07, 6.45) is 2.74. The van der Waals surface area contributed by atoms with Gasteiger partial charge in [0.05, 0.1) is 5.02 Å². The number of amides is 1. The second-order valence-corrected chi connectivity index (χ2v) is 3.72. The molecule has 2 aromatic rings. The maximum absolute atomic E-state index is 11.6. The van der Waals surface area contributed by atoms with E-state index in [1.165, 1.54) is 17.2 Å². The van der Waals surface area contributed by atoms with E-state index in [0.29, 0.717) is 10.8 Å². The zero-order valence-electron chi connectivity index (χ0n) is 9.04. The number of hydrogen-bond acceptors (Lipinski definition) is 5. The van der Waals surface area contributed by atoms with Crippen molar-refractivity contribution in [2.24, 2.45) is 0 Å². The Morgan fingerprint density at radius 2 is 2.33 bits per heavy atom. The lowest BCUT2D eigenvalue weighted by atomic mass is 10.4. The largest absolute Gasteiger partial charge is 0.309 e. The number of pyridine rings is 1. The molecule has 0 fully saturated rings. The maximum atomic E-state index is 11.6. The molecule has 2 heterocycles. The van der Waals surface area contributed by atoms with E-state index in [0.717, 1.165) is 0 Å². The first kappa shape index (κ1) is 12.0. The number of nitriles is 1. The lowest BCUT2D eigenvalue weighted by Crippen LogP contribution is -2.19. The van der Waals surface area contributed by atoms with Crippen LogP contribution in [-0.2, 0) is 11.3 Å². The topological polar surface area (TPSA) is 96.5 Å². The Morgan fingerprint density at radius 1 is 1.50 bits per heavy atom. The normalized spacial score (nSPS) is 9.78. The van der Waals surface area contributed by atoms with Gasteiger partial charge in [0.25, 0.3) is 5.82 Å². The number of aromatic nitrogens is 4. The first-order chi connectivity index (χ1) is 8.67. The van der Waals surface area contributed by atoms with Crippen molar-refractivity contribution in [3.8, 4) is 6.07 Å². The summed E-state index contributed by atoms with van der Waals surface area (Å²) in [4.78, 5) is 19.2. The summed E-state index contributed by atoms with van der Waals surface area (Å²) in [6, 6.07) is 4.98. The van der Waals surface area contributed by atoms with Crippen LogP contribution < -0.4 is 5.32 Å². The molecule has 0 bridgehead atoms. The zero-order chi connectivity index (χ0) is 13.0. The molecule has 0 saturated heterocycles. The molecule has 2 aromatic heterocycles. The molecule has 0 aliphatic carbocycles. The quantitative estimate of drug-likeness (QED) is 0.884. The van der Waals surface area contributed by atoms with Crippen LogP contribution in [0.25, 0.3) is 0 Å². The summed E-state index contributed by atoms with van der Waals surface area (Å²) in [5.41, 5.74) is 0. The van der Waals surface area contributed by atoms with E-state index >= 15 is 0 Å². The van der Waals surface area contributed by atoms with Crippen LogP contribution in [0.2, 0.25) is 5.02 Å². The molecule has 8 heteroatoms. The fourth-order valence-electron chi connectivity index (χ4n) is 1.20. The molecular formula is C10H7ClN6O. The third-order valence-corrected chi connectivity index (χ3v) is 2.16. The van der Waals surface area contributed by atoms with Crippen LogP contribution in [0.15, 0.2) is 24.7 Å². The van der Waals surface area contributed by atoms with Gasteiger partial charge < -0.3 is 5.32 Å². The lowest BCUT2D eigenvalue weighted by molar-refractivity contribution is -0.116. The number of nitrogens with zero attached hydrogens (tertiary/aromatic N) is 5. The molecule has 1 N–H and O–H groups in total. The second-order valence-electron chi connectivity index (χ2n) is 3.29. The summed E-state index contributed by atoms with van der Waals surface area (Å²) >= 11 is 5.67. The fourth-order valence-corrected chi connectivity index (χ4v) is 1.31. The smallest absolute Gasteiger partial charge is 0.252 e. The van der Waals surface area contributed by atoms with Gasteiger partial charge in [-0.15, -0.1) is 5.10 Å². The predicted octanol–water partition coefficient (Wildman–Crippen LogP) is 0.837. The molecule has 0 spiro atoms. The molecule has 0 saturated carbocycles. The van der Waals surface area contributed by atoms with Crippen LogP contribution in [0.4, 0.5) is 5.82 Å². The van der Waals surface area contributed by atoms with E-state index in [9.17, 15) is 4.79 Å². The molecule has 0 aliphatic heterocycles. The van der Waals surface area contributed by atoms with E-state index in [4.69, 9.17) is 16.9 Å². The molecule has 1 amide bonds. The van der Waals surface area contributed by atoms with E-state index in [2.05, 4.69) is 20.4 Å². The van der Waals surface area contributed by atoms with Gasteiger partial charge in [-0.1, -0.05) is 11.6 Å². The summed E-state index contributed by atoms with van der Waals surface area (Å²) in [5, 5.41) is 15.4. The van der Waals surface area contributed by atoms with Crippen molar-refractivity contribution in [2.75, 3.05) is 5.32 Å². The van der Waals surface area contributed by atoms with Crippen molar-refractivity contribution in [2.45, 2.75) is 6.54 Å². The summed E-state index contributed by atoms with van der Waals surface area (Å²) in [7, 11) is 0. The van der Waals surface area contributed by atoms with Gasteiger partial charge >= 0.3 is 0 Å². The highest BCUT2D eigenvalue weighted by Gasteiger charge is 2.06. The molecule has 18 heavy (non-hydrogen) atoms. The van der Waals surface area contributed by atoms with Crippen molar-refractivity contribution in [1.29, 1.82) is 5.26 Å². The Kier molecular flexibility index (Phi) is 3.50. The molecule has 0 aliphatic rings. The van der Waals surface area contributed by atoms with Crippen LogP contribution in [0.1, 0.15) is 5.82 Å². The second kappa shape index (κ2) is 5.25. The Balaban J connectivity index is 1.96. The van der Waals surface area contributed by atoms with Crippen LogP contribution in [0.3, 0.4) is 0 Å². The maximum Gasteiger partial charge on any atom is 0.252 e. The minimum atomic E-state index is -0.320. The highest BCUT2D eigenvalue weighted by Crippen LogP contribution is 2.09. The first-order valence-corrected chi connectivity index (χ1v) is 5.26. The van der Waals surface area contributed by atoms with Gasteiger partial charge in [-0.25, -0.2) is 14.6 Å². The van der Waals surface area contributed by atoms with Gasteiger partial charge in [0, 0.05) is 6.20 Å². The van der Waals surface area contributed by atoms with E-state index in [-0.39, 0.29) is 18.3 Å². The number of anilines is 1. The molecular weight excluding hydrogens is 256 g/mol. The fraction of sp³-hybridized carbons (Fsp3) is 0.100. The van der Waals surface area contributed by atoms with Gasteiger partial charge in [0.15, 0.2) is 0 Å². The Bertz CT molecular complexity index is 600. The average molecular weight is 263 g/mol. The number of carbonyl (C=O) groups is 1. The number of hydrogen-bond donors (Lipinski definition) is 1. The third kappa shape index (κ3) is 3.02. The Morgan fingerprint density at radius 3 is 2.94 bits per heavy atom. The highest BCUT2D eigenvalue weighted by molar-refractivity contribution is 6.30. The predicted molar refractivity (Wildman–Crippen MR) is 62.6 cm³/mol. The van der Waals surface area contributed by atoms with E-state index in [1.54, 1.807) is 18.2 Å².